The summed E-state index contributed by atoms with van der Waals surface area (Å²) in [5, 5.41) is 25.5. The van der Waals surface area contributed by atoms with E-state index in [4.69, 9.17) is 9.47 Å². The Labute approximate surface area is 220 Å². The summed E-state index contributed by atoms with van der Waals surface area (Å²) in [7, 11) is 0. The molecule has 0 radical (unpaired) electrons. The van der Waals surface area contributed by atoms with Gasteiger partial charge in [0.2, 0.25) is 0 Å². The molecule has 0 bridgehead atoms. The maximum Gasteiger partial charge on any atom is 0.411 e. The quantitative estimate of drug-likeness (QED) is 0.323. The van der Waals surface area contributed by atoms with Gasteiger partial charge in [-0.1, -0.05) is 12.1 Å². The Balaban J connectivity index is 1.27. The summed E-state index contributed by atoms with van der Waals surface area (Å²) in [6.07, 6.45) is 6.42. The molecule has 2 aromatic heterocycles. The van der Waals surface area contributed by atoms with Crippen molar-refractivity contribution in [2.45, 2.75) is 57.7 Å². The van der Waals surface area contributed by atoms with E-state index < -0.39 is 6.09 Å². The predicted molar refractivity (Wildman–Crippen MR) is 141 cm³/mol. The largest absolute Gasteiger partial charge is 0.492 e. The van der Waals surface area contributed by atoms with E-state index in [9.17, 15) is 10.1 Å². The number of carbonyl (C=O) groups excluding carboxylic acids is 1. The van der Waals surface area contributed by atoms with Crippen LogP contribution in [0.2, 0.25) is 0 Å². The molecule has 2 saturated carbocycles. The number of hydrogen-bond acceptors (Lipinski definition) is 7. The average molecular weight is 512 g/mol. The molecule has 2 aromatic carbocycles. The second-order valence-electron chi connectivity index (χ2n) is 10.00. The molecule has 2 aliphatic rings. The summed E-state index contributed by atoms with van der Waals surface area (Å²) in [5.41, 5.74) is 4.10. The van der Waals surface area contributed by atoms with Crippen LogP contribution in [0, 0.1) is 17.2 Å². The second-order valence-corrected chi connectivity index (χ2v) is 10.00. The van der Waals surface area contributed by atoms with Gasteiger partial charge in [0.05, 0.1) is 23.3 Å². The van der Waals surface area contributed by atoms with Crippen molar-refractivity contribution in [3.63, 3.8) is 0 Å². The number of aromatic nitrogens is 5. The Bertz CT molecular complexity index is 1480. The number of fused-ring (bicyclic) bond motifs is 1. The number of anilines is 1. The number of nitrogens with one attached hydrogen (secondary N) is 1. The molecule has 2 heterocycles. The highest BCUT2D eigenvalue weighted by atomic mass is 16.6. The van der Waals surface area contributed by atoms with Gasteiger partial charge in [-0.15, -0.1) is 10.2 Å². The van der Waals surface area contributed by atoms with Crippen molar-refractivity contribution in [1.82, 2.24) is 24.8 Å². The zero-order valence-corrected chi connectivity index (χ0v) is 21.2. The zero-order chi connectivity index (χ0) is 26.1. The molecule has 1 N–H and O–H groups in total. The minimum Gasteiger partial charge on any atom is -0.492 e. The Morgan fingerprint density at radius 2 is 2.00 bits per heavy atom. The minimum absolute atomic E-state index is 0.0706. The van der Waals surface area contributed by atoms with Gasteiger partial charge in [-0.25, -0.2) is 4.79 Å². The summed E-state index contributed by atoms with van der Waals surface area (Å²) >= 11 is 0. The first-order valence-corrected chi connectivity index (χ1v) is 13.1. The molecule has 2 fully saturated rings. The van der Waals surface area contributed by atoms with Gasteiger partial charge in [0.25, 0.3) is 0 Å². The zero-order valence-electron chi connectivity index (χ0n) is 21.2. The van der Waals surface area contributed by atoms with Gasteiger partial charge in [0, 0.05) is 23.2 Å². The van der Waals surface area contributed by atoms with Gasteiger partial charge in [-0.3, -0.25) is 5.32 Å². The molecule has 2 aliphatic carbocycles. The number of hydrogen-bond donors (Lipinski definition) is 1. The lowest BCUT2D eigenvalue weighted by atomic mass is 9.92. The molecule has 38 heavy (non-hydrogen) atoms. The summed E-state index contributed by atoms with van der Waals surface area (Å²) in [6.45, 7) is 2.83. The topological polar surface area (TPSA) is 120 Å². The van der Waals surface area contributed by atoms with E-state index in [1.807, 2.05) is 49.4 Å². The maximum atomic E-state index is 12.3. The summed E-state index contributed by atoms with van der Waals surface area (Å²) in [5.74, 6) is 1.21. The molecule has 0 saturated heterocycles. The monoisotopic (exact) mass is 511 g/mol. The third-order valence-corrected chi connectivity index (χ3v) is 7.46. The molecule has 1 unspecified atom stereocenters. The van der Waals surface area contributed by atoms with Crippen LogP contribution < -0.4 is 10.1 Å². The van der Waals surface area contributed by atoms with Crippen LogP contribution in [0.5, 0.6) is 5.75 Å². The summed E-state index contributed by atoms with van der Waals surface area (Å²) in [4.78, 5) is 13.8. The average Bonchev–Trinajstić information content (AvgIpc) is 3.53. The highest BCUT2D eigenvalue weighted by Crippen LogP contribution is 2.43. The fourth-order valence-corrected chi connectivity index (χ4v) is 5.03. The van der Waals surface area contributed by atoms with Gasteiger partial charge in [0.1, 0.15) is 24.5 Å². The van der Waals surface area contributed by atoms with Crippen LogP contribution in [0.3, 0.4) is 0 Å². The van der Waals surface area contributed by atoms with E-state index in [2.05, 4.69) is 31.4 Å². The number of amides is 1. The van der Waals surface area contributed by atoms with Gasteiger partial charge < -0.3 is 14.0 Å². The molecular formula is C28H29N7O3. The molecule has 1 amide bonds. The normalized spacial score (nSPS) is 16.0. The smallest absolute Gasteiger partial charge is 0.411 e. The van der Waals surface area contributed by atoms with Crippen molar-refractivity contribution in [2.24, 2.45) is 5.92 Å². The van der Waals surface area contributed by atoms with Crippen LogP contribution in [0.4, 0.5) is 10.5 Å². The first kappa shape index (κ1) is 24.0. The van der Waals surface area contributed by atoms with Crippen LogP contribution in [-0.2, 0) is 11.3 Å². The number of nitriles is 1. The Hall–Kier alpha value is -4.39. The number of carbonyl (C=O) groups is 1. The van der Waals surface area contributed by atoms with E-state index >= 15 is 0 Å². The van der Waals surface area contributed by atoms with E-state index in [0.29, 0.717) is 36.4 Å². The van der Waals surface area contributed by atoms with Crippen molar-refractivity contribution in [3.05, 3.63) is 54.4 Å². The first-order chi connectivity index (χ1) is 18.6. The van der Waals surface area contributed by atoms with Crippen molar-refractivity contribution < 1.29 is 14.3 Å². The summed E-state index contributed by atoms with van der Waals surface area (Å²) in [6, 6.07) is 16.3. The minimum atomic E-state index is -0.439. The Morgan fingerprint density at radius 1 is 1.18 bits per heavy atom. The molecule has 4 aromatic rings. The molecular weight excluding hydrogens is 482 g/mol. The van der Waals surface area contributed by atoms with Crippen molar-refractivity contribution in [2.75, 3.05) is 11.9 Å². The molecule has 10 nitrogen and oxygen atoms in total. The lowest BCUT2D eigenvalue weighted by Gasteiger charge is -2.30. The van der Waals surface area contributed by atoms with Gasteiger partial charge in [-0.2, -0.15) is 10.1 Å². The van der Waals surface area contributed by atoms with Crippen molar-refractivity contribution in [3.8, 4) is 23.1 Å². The molecule has 0 aliphatic heterocycles. The van der Waals surface area contributed by atoms with Gasteiger partial charge in [0.15, 0.2) is 6.33 Å². The van der Waals surface area contributed by atoms with Gasteiger partial charge >= 0.3 is 6.09 Å². The van der Waals surface area contributed by atoms with Crippen molar-refractivity contribution in [1.29, 1.82) is 5.26 Å². The second kappa shape index (κ2) is 10.2. The third-order valence-electron chi connectivity index (χ3n) is 7.46. The Morgan fingerprint density at radius 3 is 2.66 bits per heavy atom. The van der Waals surface area contributed by atoms with E-state index in [1.165, 1.54) is 11.1 Å². The number of tetrazole rings is 1. The highest BCUT2D eigenvalue weighted by molar-refractivity contribution is 5.96. The first-order valence-electron chi connectivity index (χ1n) is 13.1. The van der Waals surface area contributed by atoms with E-state index in [0.717, 1.165) is 60.0 Å². The SMILES string of the molecule is CC(OC(=O)Nc1ccc(-c2c(C#N)c3ccc(OCCn4ncnn4)cc3n2C2CCC2)cc1)C1CC1. The van der Waals surface area contributed by atoms with E-state index in [1.54, 1.807) is 0 Å². The number of benzene rings is 2. The van der Waals surface area contributed by atoms with Crippen LogP contribution in [0.25, 0.3) is 22.2 Å². The van der Waals surface area contributed by atoms with E-state index in [-0.39, 0.29) is 6.10 Å². The maximum absolute atomic E-state index is 12.3. The predicted octanol–water partition coefficient (Wildman–Crippen LogP) is 5.32. The fraction of sp³-hybridized carbons (Fsp3) is 0.393. The van der Waals surface area contributed by atoms with Crippen LogP contribution in [0.1, 0.15) is 50.6 Å². The highest BCUT2D eigenvalue weighted by Gasteiger charge is 2.31. The number of nitrogens with zero attached hydrogens (tertiary/aromatic N) is 6. The van der Waals surface area contributed by atoms with Crippen LogP contribution in [-0.4, -0.2) is 43.6 Å². The lowest BCUT2D eigenvalue weighted by Crippen LogP contribution is -2.21. The van der Waals surface area contributed by atoms with Gasteiger partial charge in [-0.05, 0) is 80.0 Å². The molecule has 0 spiro atoms. The van der Waals surface area contributed by atoms with Crippen LogP contribution >= 0.6 is 0 Å². The third kappa shape index (κ3) is 4.79. The van der Waals surface area contributed by atoms with Crippen molar-refractivity contribution >= 4 is 22.7 Å². The standard InChI is InChI=1S/C28H29N7O3/c1-18(19-5-6-19)38-28(36)32-21-9-7-20(8-10-21)27-25(16-29)24-12-11-23(37-14-13-34-31-17-30-33-34)15-26(24)35(27)22-3-2-4-22/h7-12,15,17-19,22H,2-6,13-14H2,1H3,(H,32,36). The molecule has 1 atom stereocenters. The fourth-order valence-electron chi connectivity index (χ4n) is 5.03. The van der Waals surface area contributed by atoms with Crippen LogP contribution in [0.15, 0.2) is 48.8 Å². The summed E-state index contributed by atoms with van der Waals surface area (Å²) < 4.78 is 13.8. The molecule has 6 rings (SSSR count). The lowest BCUT2D eigenvalue weighted by molar-refractivity contribution is 0.108. The number of rotatable bonds is 9. The molecule has 10 heteroatoms. The Kier molecular flexibility index (Phi) is 6.42. The number of ether oxygens (including phenoxy) is 2. The molecule has 194 valence electrons.